The van der Waals surface area contributed by atoms with Crippen molar-refractivity contribution in [1.29, 1.82) is 0 Å². The molecule has 2 N–H and O–H groups in total. The molecule has 0 aromatic carbocycles. The number of carbonyl (C=O) groups excluding carboxylic acids is 1. The predicted molar refractivity (Wildman–Crippen MR) is 65.8 cm³/mol. The first-order valence-corrected chi connectivity index (χ1v) is 7.20. The molecule has 2 aliphatic heterocycles. The molecular formula is C11H20N2O2S. The Labute approximate surface area is 101 Å². The van der Waals surface area contributed by atoms with Crippen molar-refractivity contribution in [2.45, 2.75) is 25.3 Å². The minimum Gasteiger partial charge on any atom is -0.379 e. The SMILES string of the molecule is O=C(NCC1CCSCC1)NC1CCOC1. The van der Waals surface area contributed by atoms with Gasteiger partial charge in [-0.2, -0.15) is 11.8 Å². The zero-order valence-corrected chi connectivity index (χ0v) is 10.4. The van der Waals surface area contributed by atoms with Gasteiger partial charge >= 0.3 is 6.03 Å². The van der Waals surface area contributed by atoms with Crippen LogP contribution >= 0.6 is 11.8 Å². The fourth-order valence-corrected chi connectivity index (χ4v) is 3.28. The molecule has 0 bridgehead atoms. The first-order chi connectivity index (χ1) is 7.84. The van der Waals surface area contributed by atoms with Crippen molar-refractivity contribution in [3.05, 3.63) is 0 Å². The third-order valence-electron chi connectivity index (χ3n) is 3.16. The maximum atomic E-state index is 11.6. The summed E-state index contributed by atoms with van der Waals surface area (Å²) in [6.07, 6.45) is 3.41. The van der Waals surface area contributed by atoms with Gasteiger partial charge in [0, 0.05) is 13.2 Å². The van der Waals surface area contributed by atoms with Crippen LogP contribution in [-0.2, 0) is 4.74 Å². The van der Waals surface area contributed by atoms with E-state index in [9.17, 15) is 4.79 Å². The van der Waals surface area contributed by atoms with Gasteiger partial charge in [-0.05, 0) is 36.7 Å². The molecule has 0 aromatic heterocycles. The topological polar surface area (TPSA) is 50.4 Å². The number of amides is 2. The van der Waals surface area contributed by atoms with Crippen molar-refractivity contribution in [2.75, 3.05) is 31.3 Å². The largest absolute Gasteiger partial charge is 0.379 e. The van der Waals surface area contributed by atoms with Gasteiger partial charge in [0.05, 0.1) is 12.6 Å². The molecule has 5 heteroatoms. The van der Waals surface area contributed by atoms with Crippen LogP contribution < -0.4 is 10.6 Å². The quantitative estimate of drug-likeness (QED) is 0.785. The summed E-state index contributed by atoms with van der Waals surface area (Å²) in [4.78, 5) is 11.6. The summed E-state index contributed by atoms with van der Waals surface area (Å²) in [6, 6.07) is 0.177. The molecule has 2 heterocycles. The van der Waals surface area contributed by atoms with Crippen LogP contribution in [0, 0.1) is 5.92 Å². The van der Waals surface area contributed by atoms with Crippen molar-refractivity contribution in [1.82, 2.24) is 10.6 Å². The van der Waals surface area contributed by atoms with Crippen molar-refractivity contribution < 1.29 is 9.53 Å². The Morgan fingerprint density at radius 2 is 2.12 bits per heavy atom. The van der Waals surface area contributed by atoms with Crippen LogP contribution in [0.3, 0.4) is 0 Å². The second-order valence-electron chi connectivity index (χ2n) is 4.47. The fraction of sp³-hybridized carbons (Fsp3) is 0.909. The number of urea groups is 1. The molecule has 4 nitrogen and oxygen atoms in total. The second kappa shape index (κ2) is 6.35. The molecule has 0 radical (unpaired) electrons. The predicted octanol–water partition coefficient (Wildman–Crippen LogP) is 1.22. The molecule has 1 unspecified atom stereocenters. The van der Waals surface area contributed by atoms with Crippen LogP contribution in [0.5, 0.6) is 0 Å². The Morgan fingerprint density at radius 3 is 2.81 bits per heavy atom. The number of thioether (sulfide) groups is 1. The molecule has 0 saturated carbocycles. The Hall–Kier alpha value is -0.420. The lowest BCUT2D eigenvalue weighted by Gasteiger charge is -2.22. The van der Waals surface area contributed by atoms with E-state index in [-0.39, 0.29) is 12.1 Å². The highest BCUT2D eigenvalue weighted by atomic mass is 32.2. The van der Waals surface area contributed by atoms with E-state index >= 15 is 0 Å². The zero-order valence-electron chi connectivity index (χ0n) is 9.54. The van der Waals surface area contributed by atoms with E-state index in [0.29, 0.717) is 12.5 Å². The van der Waals surface area contributed by atoms with Gasteiger partial charge in [-0.1, -0.05) is 0 Å². The maximum Gasteiger partial charge on any atom is 0.315 e. The third-order valence-corrected chi connectivity index (χ3v) is 4.21. The zero-order chi connectivity index (χ0) is 11.2. The summed E-state index contributed by atoms with van der Waals surface area (Å²) >= 11 is 2.01. The standard InChI is InChI=1S/C11H20N2O2S/c14-11(13-10-1-4-15-8-10)12-7-9-2-5-16-6-3-9/h9-10H,1-8H2,(H2,12,13,14). The second-order valence-corrected chi connectivity index (χ2v) is 5.70. The maximum absolute atomic E-state index is 11.6. The molecule has 2 rings (SSSR count). The molecule has 0 aliphatic carbocycles. The van der Waals surface area contributed by atoms with Crippen LogP contribution in [0.1, 0.15) is 19.3 Å². The van der Waals surface area contributed by atoms with E-state index in [0.717, 1.165) is 19.6 Å². The Bertz CT molecular complexity index is 226. The first-order valence-electron chi connectivity index (χ1n) is 6.04. The highest BCUT2D eigenvalue weighted by Gasteiger charge is 2.19. The molecule has 2 fully saturated rings. The van der Waals surface area contributed by atoms with Gasteiger partial charge in [-0.15, -0.1) is 0 Å². The van der Waals surface area contributed by atoms with E-state index in [1.165, 1.54) is 24.3 Å². The summed E-state index contributed by atoms with van der Waals surface area (Å²) in [5.41, 5.74) is 0. The van der Waals surface area contributed by atoms with Crippen molar-refractivity contribution in [3.8, 4) is 0 Å². The molecule has 0 aromatic rings. The molecule has 2 saturated heterocycles. The number of carbonyl (C=O) groups is 1. The minimum absolute atomic E-state index is 0.0336. The van der Waals surface area contributed by atoms with Crippen molar-refractivity contribution in [3.63, 3.8) is 0 Å². The monoisotopic (exact) mass is 244 g/mol. The first kappa shape index (κ1) is 12.0. The van der Waals surface area contributed by atoms with Crippen molar-refractivity contribution in [2.24, 2.45) is 5.92 Å². The minimum atomic E-state index is -0.0336. The lowest BCUT2D eigenvalue weighted by atomic mass is 10.0. The van der Waals surface area contributed by atoms with Gasteiger partial charge in [0.2, 0.25) is 0 Å². The molecule has 92 valence electrons. The smallest absolute Gasteiger partial charge is 0.315 e. The number of rotatable bonds is 3. The third kappa shape index (κ3) is 3.87. The van der Waals surface area contributed by atoms with Gasteiger partial charge < -0.3 is 15.4 Å². The summed E-state index contributed by atoms with van der Waals surface area (Å²) < 4.78 is 5.21. The lowest BCUT2D eigenvalue weighted by Crippen LogP contribution is -2.44. The molecule has 1 atom stereocenters. The van der Waals surface area contributed by atoms with E-state index in [1.54, 1.807) is 0 Å². The number of nitrogens with one attached hydrogen (secondary N) is 2. The van der Waals surface area contributed by atoms with Gasteiger partial charge in [-0.3, -0.25) is 0 Å². The normalized spacial score (nSPS) is 26.6. The molecule has 0 spiro atoms. The number of hydrogen-bond acceptors (Lipinski definition) is 3. The van der Waals surface area contributed by atoms with Crippen LogP contribution in [0.2, 0.25) is 0 Å². The van der Waals surface area contributed by atoms with Crippen LogP contribution in [0.15, 0.2) is 0 Å². The van der Waals surface area contributed by atoms with Crippen LogP contribution in [-0.4, -0.2) is 43.3 Å². The van der Waals surface area contributed by atoms with E-state index in [2.05, 4.69) is 10.6 Å². The summed E-state index contributed by atoms with van der Waals surface area (Å²) in [6.45, 7) is 2.25. The molecule has 2 aliphatic rings. The summed E-state index contributed by atoms with van der Waals surface area (Å²) in [7, 11) is 0. The van der Waals surface area contributed by atoms with E-state index in [1.807, 2.05) is 11.8 Å². The molecule has 2 amide bonds. The highest BCUT2D eigenvalue weighted by molar-refractivity contribution is 7.99. The van der Waals surface area contributed by atoms with E-state index < -0.39 is 0 Å². The Balaban J connectivity index is 1.59. The summed E-state index contributed by atoms with van der Waals surface area (Å²) in [5, 5.41) is 5.90. The van der Waals surface area contributed by atoms with Gasteiger partial charge in [-0.25, -0.2) is 4.79 Å². The van der Waals surface area contributed by atoms with Gasteiger partial charge in [0.1, 0.15) is 0 Å². The Morgan fingerprint density at radius 1 is 1.31 bits per heavy atom. The van der Waals surface area contributed by atoms with Gasteiger partial charge in [0.15, 0.2) is 0 Å². The van der Waals surface area contributed by atoms with Gasteiger partial charge in [0.25, 0.3) is 0 Å². The Kier molecular flexibility index (Phi) is 4.78. The molecular weight excluding hydrogens is 224 g/mol. The fourth-order valence-electron chi connectivity index (χ4n) is 2.07. The van der Waals surface area contributed by atoms with Crippen LogP contribution in [0.25, 0.3) is 0 Å². The van der Waals surface area contributed by atoms with E-state index in [4.69, 9.17) is 4.74 Å². The molecule has 16 heavy (non-hydrogen) atoms. The average Bonchev–Trinajstić information content (AvgIpc) is 2.81. The number of ether oxygens (including phenoxy) is 1. The number of hydrogen-bond donors (Lipinski definition) is 2. The average molecular weight is 244 g/mol. The van der Waals surface area contributed by atoms with Crippen LogP contribution in [0.4, 0.5) is 4.79 Å². The highest BCUT2D eigenvalue weighted by Crippen LogP contribution is 2.21. The lowest BCUT2D eigenvalue weighted by molar-refractivity contribution is 0.188. The van der Waals surface area contributed by atoms with Crippen molar-refractivity contribution >= 4 is 17.8 Å². The summed E-state index contributed by atoms with van der Waals surface area (Å²) in [5.74, 6) is 3.15.